The molecule has 0 aromatic carbocycles. The molecular formula is C15H21N5O18P2-4. The second-order valence-electron chi connectivity index (χ2n) is 7.51. The maximum atomic E-state index is 11.7. The normalized spacial score (nSPS) is 24.1. The number of phosphoric ester groups is 2. The average molecular weight is 621 g/mol. The highest BCUT2D eigenvalue weighted by atomic mass is 31.2. The number of nitrogens with one attached hydrogen (secondary N) is 1. The molecule has 0 amide bonds. The van der Waals surface area contributed by atoms with Gasteiger partial charge in [0.2, 0.25) is 0 Å². The van der Waals surface area contributed by atoms with E-state index in [1.165, 1.54) is 0 Å². The number of ether oxygens (including phenoxy) is 1. The fourth-order valence-electron chi connectivity index (χ4n) is 3.00. The van der Waals surface area contributed by atoms with E-state index in [0.29, 0.717) is 0 Å². The number of phosphoric acid groups is 2. The van der Waals surface area contributed by atoms with Crippen molar-refractivity contribution in [2.75, 3.05) is 13.2 Å². The van der Waals surface area contributed by atoms with Gasteiger partial charge in [0.15, 0.2) is 12.5 Å². The van der Waals surface area contributed by atoms with Gasteiger partial charge in [0.25, 0.3) is 5.56 Å². The predicted octanol–water partition coefficient (Wildman–Crippen LogP) is -7.58. The third-order valence-electron chi connectivity index (χ3n) is 4.77. The Bertz CT molecular complexity index is 1250. The van der Waals surface area contributed by atoms with Crippen LogP contribution < -0.4 is 30.8 Å². The highest BCUT2D eigenvalue weighted by molar-refractivity contribution is 7.43. The lowest BCUT2D eigenvalue weighted by molar-refractivity contribution is -0.357. The Kier molecular flexibility index (Phi) is 13.4. The molecule has 0 radical (unpaired) electrons. The van der Waals surface area contributed by atoms with Crippen LogP contribution in [0.4, 0.5) is 5.69 Å². The second-order valence-corrected chi connectivity index (χ2v) is 9.72. The number of aromatic amines is 1. The molecule has 0 spiro atoms. The summed E-state index contributed by atoms with van der Waals surface area (Å²) in [4.78, 5) is 79.5. The van der Waals surface area contributed by atoms with Crippen LogP contribution >= 0.6 is 15.6 Å². The Morgan fingerprint density at radius 2 is 1.73 bits per heavy atom. The Labute approximate surface area is 220 Å². The lowest BCUT2D eigenvalue weighted by atomic mass is 10.0. The molecule has 2 heterocycles. The summed E-state index contributed by atoms with van der Waals surface area (Å²) in [5, 5.41) is 58.4. The smallest absolute Gasteiger partial charge is 0.330 e. The number of hydrogen-bond donors (Lipinski definition) is 7. The third-order valence-corrected chi connectivity index (χ3v) is 5.77. The molecule has 0 bridgehead atoms. The minimum atomic E-state index is -5.84. The molecule has 7 N–H and O–H groups in total. The molecule has 25 heteroatoms. The van der Waals surface area contributed by atoms with Crippen LogP contribution in [0.2, 0.25) is 0 Å². The van der Waals surface area contributed by atoms with Crippen LogP contribution in [0.3, 0.4) is 0 Å². The Morgan fingerprint density at radius 3 is 2.15 bits per heavy atom. The van der Waals surface area contributed by atoms with Gasteiger partial charge in [-0.3, -0.25) is 14.3 Å². The van der Waals surface area contributed by atoms with Crippen molar-refractivity contribution in [3.05, 3.63) is 37.5 Å². The van der Waals surface area contributed by atoms with Gasteiger partial charge >= 0.3 is 5.69 Å². The summed E-state index contributed by atoms with van der Waals surface area (Å²) in [5.41, 5.74) is 6.10. The molecule has 8 atom stereocenters. The number of hydrogen-bond acceptors (Lipinski definition) is 19. The molecule has 1 aromatic rings. The van der Waals surface area contributed by atoms with E-state index in [2.05, 4.69) is 19.1 Å². The van der Waals surface area contributed by atoms with Gasteiger partial charge in [-0.2, -0.15) is 0 Å². The van der Waals surface area contributed by atoms with Gasteiger partial charge in [-0.1, -0.05) is 5.11 Å². The van der Waals surface area contributed by atoms with E-state index in [-0.39, 0.29) is 0 Å². The number of nitrogens with zero attached hydrogens (tertiary/aromatic N) is 4. The molecule has 0 aliphatic carbocycles. The van der Waals surface area contributed by atoms with E-state index < -0.39 is 101 Å². The highest BCUT2D eigenvalue weighted by Gasteiger charge is 2.44. The monoisotopic (exact) mass is 621 g/mol. The van der Waals surface area contributed by atoms with Crippen LogP contribution in [-0.4, -0.2) is 102 Å². The van der Waals surface area contributed by atoms with E-state index in [1.54, 1.807) is 0 Å². The average Bonchev–Trinajstić information content (AvgIpc) is 3.14. The van der Waals surface area contributed by atoms with Crippen molar-refractivity contribution in [2.45, 2.75) is 49.0 Å². The lowest BCUT2D eigenvalue weighted by Gasteiger charge is -2.41. The molecular weight excluding hydrogens is 600 g/mol. The summed E-state index contributed by atoms with van der Waals surface area (Å²) in [6.45, 7) is -1.71. The van der Waals surface area contributed by atoms with Crippen LogP contribution in [0, 0.1) is 0 Å². The molecule has 1 aliphatic heterocycles. The number of azide groups is 1. The van der Waals surface area contributed by atoms with Crippen molar-refractivity contribution in [2.24, 2.45) is 5.11 Å². The standard InChI is InChI=1S/C9H11N5O6.C6H14O12P2/c10-13-12-3-1-14(9(19)11-7(3)18)8-6(17)5(16)4(2-15)20-8;7-1-3(9)5(10)6(18-20(14,15)16)4(2-8)17-19(11,12)13/h1,4-6,8,15-17H,2H2,(H,11,18,19);2-7,9-10H,1H2,(H2,11,12,13)(H2,14,15,16)/p-4/t4-,5-,6-,8-;3-,4+,5-,6-/m11/s1. The molecule has 0 saturated carbocycles. The number of aromatic nitrogens is 2. The van der Waals surface area contributed by atoms with Gasteiger partial charge in [-0.25, -0.2) is 4.79 Å². The zero-order valence-electron chi connectivity index (χ0n) is 19.5. The quantitative estimate of drug-likeness (QED) is 0.0374. The number of aliphatic hydroxyl groups is 6. The summed E-state index contributed by atoms with van der Waals surface area (Å²) >= 11 is 0. The minimum Gasteiger partial charge on any atom is -0.790 e. The van der Waals surface area contributed by atoms with Gasteiger partial charge in [-0.05, 0) is 5.53 Å². The highest BCUT2D eigenvalue weighted by Crippen LogP contribution is 2.35. The Hall–Kier alpha value is -2.40. The molecule has 23 nitrogen and oxygen atoms in total. The van der Waals surface area contributed by atoms with Crippen molar-refractivity contribution < 1.29 is 77.9 Å². The third kappa shape index (κ3) is 10.2. The number of aldehydes is 1. The van der Waals surface area contributed by atoms with Gasteiger partial charge in [0, 0.05) is 11.1 Å². The summed E-state index contributed by atoms with van der Waals surface area (Å²) in [5.74, 6) is 0. The van der Waals surface area contributed by atoms with Crippen LogP contribution in [0.1, 0.15) is 6.23 Å². The van der Waals surface area contributed by atoms with Crippen molar-refractivity contribution >= 4 is 27.6 Å². The largest absolute Gasteiger partial charge is 0.790 e. The van der Waals surface area contributed by atoms with Gasteiger partial charge < -0.3 is 77.9 Å². The van der Waals surface area contributed by atoms with Crippen LogP contribution in [0.15, 0.2) is 20.9 Å². The van der Waals surface area contributed by atoms with Crippen molar-refractivity contribution in [3.8, 4) is 0 Å². The van der Waals surface area contributed by atoms with E-state index in [0.717, 1.165) is 10.8 Å². The molecule has 2 rings (SSSR count). The van der Waals surface area contributed by atoms with Gasteiger partial charge in [-0.15, -0.1) is 0 Å². The van der Waals surface area contributed by atoms with Gasteiger partial charge in [0.05, 0.1) is 28.9 Å². The SMILES string of the molecule is O=C[C@H](OP(=O)([O-])[O-])[C@@H](OP(=O)([O-])[O-])[C@H](O)[C@H](O)CO.[N-]=[N+]=Nc1cn([C@@H]2O[C@H](CO)[C@@H](O)[C@H]2O)c(=O)[nH]c1=O. The molecule has 1 fully saturated rings. The fraction of sp³-hybridized carbons (Fsp3) is 0.667. The molecule has 40 heavy (non-hydrogen) atoms. The maximum Gasteiger partial charge on any atom is 0.330 e. The number of H-pyrrole nitrogens is 1. The Balaban J connectivity index is 0.000000400. The van der Waals surface area contributed by atoms with Crippen LogP contribution in [0.5, 0.6) is 0 Å². The van der Waals surface area contributed by atoms with Crippen molar-refractivity contribution in [1.29, 1.82) is 0 Å². The molecule has 1 aliphatic rings. The first-order chi connectivity index (χ1) is 18.4. The zero-order valence-corrected chi connectivity index (χ0v) is 21.2. The number of carbonyl (C=O) groups is 1. The topological polar surface area (TPSA) is 396 Å². The summed E-state index contributed by atoms with van der Waals surface area (Å²) < 4.78 is 34.0. The first-order valence-electron chi connectivity index (χ1n) is 10.3. The number of aliphatic hydroxyl groups excluding tert-OH is 6. The van der Waals surface area contributed by atoms with Crippen LogP contribution in [0.25, 0.3) is 10.4 Å². The number of carbonyl (C=O) groups excluding carboxylic acids is 1. The minimum absolute atomic E-state index is 0.398. The molecule has 0 unspecified atom stereocenters. The lowest BCUT2D eigenvalue weighted by Crippen LogP contribution is -2.50. The first-order valence-corrected chi connectivity index (χ1v) is 13.2. The van der Waals surface area contributed by atoms with E-state index >= 15 is 0 Å². The van der Waals surface area contributed by atoms with E-state index in [1.807, 2.05) is 4.98 Å². The summed E-state index contributed by atoms with van der Waals surface area (Å²) in [7, 11) is -11.6. The van der Waals surface area contributed by atoms with Gasteiger partial charge in [0.1, 0.15) is 48.4 Å². The van der Waals surface area contributed by atoms with Crippen molar-refractivity contribution in [1.82, 2.24) is 9.55 Å². The number of rotatable bonds is 12. The summed E-state index contributed by atoms with van der Waals surface area (Å²) in [6.07, 6.45) is -14.4. The molecule has 228 valence electrons. The van der Waals surface area contributed by atoms with E-state index in [9.17, 15) is 58.4 Å². The predicted molar refractivity (Wildman–Crippen MR) is 113 cm³/mol. The van der Waals surface area contributed by atoms with Crippen LogP contribution in [-0.2, 0) is 27.7 Å². The first kappa shape index (κ1) is 35.6. The fourth-order valence-corrected chi connectivity index (χ4v) is 4.01. The van der Waals surface area contributed by atoms with E-state index in [4.69, 9.17) is 25.6 Å². The summed E-state index contributed by atoms with van der Waals surface area (Å²) in [6, 6.07) is 0. The molecule has 1 saturated heterocycles. The Morgan fingerprint density at radius 1 is 1.15 bits per heavy atom. The maximum absolute atomic E-state index is 11.7. The van der Waals surface area contributed by atoms with Crippen molar-refractivity contribution in [3.63, 3.8) is 0 Å². The zero-order chi connectivity index (χ0) is 31.0. The second kappa shape index (κ2) is 15.0. The molecule has 1 aromatic heterocycles.